The molecule has 0 spiro atoms. The monoisotopic (exact) mass is 365 g/mol. The van der Waals surface area contributed by atoms with E-state index >= 15 is 0 Å². The number of halogens is 1. The molecule has 130 valence electrons. The van der Waals surface area contributed by atoms with E-state index in [2.05, 4.69) is 20.4 Å². The van der Waals surface area contributed by atoms with Gasteiger partial charge in [0.15, 0.2) is 0 Å². The van der Waals surface area contributed by atoms with Gasteiger partial charge in [-0.1, -0.05) is 29.8 Å². The van der Waals surface area contributed by atoms with E-state index in [9.17, 15) is 4.79 Å². The Kier molecular flexibility index (Phi) is 4.18. The van der Waals surface area contributed by atoms with Crippen molar-refractivity contribution in [2.75, 3.05) is 0 Å². The first-order valence-electron chi connectivity index (χ1n) is 8.15. The predicted octanol–water partition coefficient (Wildman–Crippen LogP) is 3.89. The molecule has 2 N–H and O–H groups in total. The number of carbonyl (C=O) groups is 1. The highest BCUT2D eigenvalue weighted by atomic mass is 35.5. The highest BCUT2D eigenvalue weighted by molar-refractivity contribution is 6.35. The zero-order valence-corrected chi connectivity index (χ0v) is 14.7. The van der Waals surface area contributed by atoms with Crippen LogP contribution in [-0.4, -0.2) is 25.7 Å². The highest BCUT2D eigenvalue weighted by Gasteiger charge is 2.14. The molecule has 0 bridgehead atoms. The number of carbonyl (C=O) groups excluding carboxylic acids is 1. The number of hydrogen-bond donors (Lipinski definition) is 2. The molecule has 6 nitrogen and oxygen atoms in total. The summed E-state index contributed by atoms with van der Waals surface area (Å²) >= 11 is 6.17. The first-order chi connectivity index (χ1) is 12.6. The van der Waals surface area contributed by atoms with Gasteiger partial charge in [-0.3, -0.25) is 4.79 Å². The zero-order chi connectivity index (χ0) is 18.1. The van der Waals surface area contributed by atoms with Gasteiger partial charge in [-0.2, -0.15) is 5.10 Å². The third-order valence-corrected chi connectivity index (χ3v) is 4.61. The third kappa shape index (κ3) is 3.07. The maximum atomic E-state index is 12.6. The second kappa shape index (κ2) is 6.65. The summed E-state index contributed by atoms with van der Waals surface area (Å²) in [6.45, 7) is 1.94. The van der Waals surface area contributed by atoms with E-state index in [1.807, 2.05) is 43.3 Å². The van der Waals surface area contributed by atoms with Gasteiger partial charge in [0.25, 0.3) is 5.91 Å². The van der Waals surface area contributed by atoms with E-state index in [1.165, 1.54) is 6.33 Å². The van der Waals surface area contributed by atoms with Crippen LogP contribution in [0.5, 0.6) is 0 Å². The van der Waals surface area contributed by atoms with E-state index in [-0.39, 0.29) is 11.9 Å². The molecule has 4 rings (SSSR count). The largest absolute Gasteiger partial charge is 0.350 e. The number of aromatic nitrogens is 4. The summed E-state index contributed by atoms with van der Waals surface area (Å²) in [5.74, 6) is -0.176. The van der Waals surface area contributed by atoms with Crippen molar-refractivity contribution in [1.29, 1.82) is 0 Å². The molecule has 0 fully saturated rings. The number of fused-ring (bicyclic) bond motifs is 1. The molecule has 0 radical (unpaired) electrons. The van der Waals surface area contributed by atoms with Crippen molar-refractivity contribution >= 4 is 28.4 Å². The van der Waals surface area contributed by atoms with Gasteiger partial charge in [-0.15, -0.1) is 0 Å². The normalized spacial score (nSPS) is 12.2. The average molecular weight is 366 g/mol. The van der Waals surface area contributed by atoms with Gasteiger partial charge in [0.05, 0.1) is 11.7 Å². The summed E-state index contributed by atoms with van der Waals surface area (Å²) in [6, 6.07) is 15.0. The topological polar surface area (TPSA) is 75.6 Å². The van der Waals surface area contributed by atoms with Crippen molar-refractivity contribution in [2.24, 2.45) is 0 Å². The van der Waals surface area contributed by atoms with Crippen LogP contribution < -0.4 is 5.32 Å². The van der Waals surface area contributed by atoms with Gasteiger partial charge >= 0.3 is 0 Å². The Bertz CT molecular complexity index is 1050. The average Bonchev–Trinajstić information content (AvgIpc) is 3.32. The lowest BCUT2D eigenvalue weighted by Crippen LogP contribution is -2.26. The van der Waals surface area contributed by atoms with Crippen molar-refractivity contribution in [1.82, 2.24) is 25.1 Å². The second-order valence-electron chi connectivity index (χ2n) is 6.01. The molecular weight excluding hydrogens is 350 g/mol. The molecule has 0 aliphatic carbocycles. The van der Waals surface area contributed by atoms with Gasteiger partial charge in [0, 0.05) is 15.9 Å². The van der Waals surface area contributed by atoms with Gasteiger partial charge in [0.1, 0.15) is 18.3 Å². The Morgan fingerprint density at radius 3 is 2.73 bits per heavy atom. The quantitative estimate of drug-likeness (QED) is 0.576. The van der Waals surface area contributed by atoms with Gasteiger partial charge in [-0.05, 0) is 42.8 Å². The number of amides is 1. The van der Waals surface area contributed by atoms with Crippen molar-refractivity contribution in [3.05, 3.63) is 77.5 Å². The fraction of sp³-hybridized carbons (Fsp3) is 0.105. The number of nitrogens with one attached hydrogen (secondary N) is 2. The summed E-state index contributed by atoms with van der Waals surface area (Å²) < 4.78 is 1.68. The molecule has 0 unspecified atom stereocenters. The van der Waals surface area contributed by atoms with Gasteiger partial charge in [0.2, 0.25) is 0 Å². The van der Waals surface area contributed by atoms with Crippen molar-refractivity contribution in [3.8, 4) is 5.69 Å². The lowest BCUT2D eigenvalue weighted by atomic mass is 10.1. The van der Waals surface area contributed by atoms with Gasteiger partial charge in [-0.25, -0.2) is 9.67 Å². The molecule has 0 aliphatic rings. The van der Waals surface area contributed by atoms with Crippen LogP contribution in [0.15, 0.2) is 61.2 Å². The summed E-state index contributed by atoms with van der Waals surface area (Å²) in [5, 5.41) is 8.55. The third-order valence-electron chi connectivity index (χ3n) is 4.28. The summed E-state index contributed by atoms with van der Waals surface area (Å²) in [5.41, 5.74) is 3.23. The van der Waals surface area contributed by atoms with Crippen LogP contribution >= 0.6 is 11.6 Å². The van der Waals surface area contributed by atoms with Crippen molar-refractivity contribution in [3.63, 3.8) is 0 Å². The van der Waals surface area contributed by atoms with Crippen molar-refractivity contribution in [2.45, 2.75) is 13.0 Å². The van der Waals surface area contributed by atoms with Gasteiger partial charge < -0.3 is 10.3 Å². The standard InChI is InChI=1S/C19H16ClN5O/c1-12(13-5-7-14(8-6-13)25-11-21-10-22-25)23-19(26)18-9-15-16(20)3-2-4-17(15)24-18/h2-12,24H,1H3,(H,23,26)/t12-/m0/s1. The lowest BCUT2D eigenvalue weighted by Gasteiger charge is -2.14. The highest BCUT2D eigenvalue weighted by Crippen LogP contribution is 2.24. The van der Waals surface area contributed by atoms with E-state index in [4.69, 9.17) is 11.6 Å². The Morgan fingerprint density at radius 1 is 1.23 bits per heavy atom. The molecule has 2 heterocycles. The smallest absolute Gasteiger partial charge is 0.268 e. The minimum Gasteiger partial charge on any atom is -0.350 e. The zero-order valence-electron chi connectivity index (χ0n) is 14.0. The van der Waals surface area contributed by atoms with Crippen LogP contribution in [0.3, 0.4) is 0 Å². The molecule has 0 saturated heterocycles. The summed E-state index contributed by atoms with van der Waals surface area (Å²) in [4.78, 5) is 19.6. The molecule has 2 aromatic carbocycles. The molecule has 26 heavy (non-hydrogen) atoms. The maximum absolute atomic E-state index is 12.6. The van der Waals surface area contributed by atoms with Crippen LogP contribution in [0.1, 0.15) is 29.0 Å². The van der Waals surface area contributed by atoms with E-state index in [1.54, 1.807) is 23.1 Å². The van der Waals surface area contributed by atoms with Crippen LogP contribution in [0.2, 0.25) is 5.02 Å². The first-order valence-corrected chi connectivity index (χ1v) is 8.52. The Hall–Kier alpha value is -3.12. The fourth-order valence-electron chi connectivity index (χ4n) is 2.86. The van der Waals surface area contributed by atoms with E-state index < -0.39 is 0 Å². The molecule has 2 aromatic heterocycles. The number of nitrogens with zero attached hydrogens (tertiary/aromatic N) is 3. The molecule has 0 aliphatic heterocycles. The van der Waals surface area contributed by atoms with Crippen LogP contribution in [0.25, 0.3) is 16.6 Å². The Balaban J connectivity index is 1.50. The SMILES string of the molecule is C[C@H](NC(=O)c1cc2c(Cl)cccc2[nH]1)c1ccc(-n2cncn2)cc1. The maximum Gasteiger partial charge on any atom is 0.268 e. The van der Waals surface area contributed by atoms with Crippen molar-refractivity contribution < 1.29 is 4.79 Å². The van der Waals surface area contributed by atoms with Crippen LogP contribution in [0, 0.1) is 0 Å². The molecule has 7 heteroatoms. The van der Waals surface area contributed by atoms with E-state index in [0.717, 1.165) is 22.2 Å². The number of hydrogen-bond acceptors (Lipinski definition) is 3. The predicted molar refractivity (Wildman–Crippen MR) is 101 cm³/mol. The number of H-pyrrole nitrogens is 1. The van der Waals surface area contributed by atoms with Crippen LogP contribution in [-0.2, 0) is 0 Å². The summed E-state index contributed by atoms with van der Waals surface area (Å²) in [6.07, 6.45) is 3.13. The van der Waals surface area contributed by atoms with Crippen LogP contribution in [0.4, 0.5) is 0 Å². The lowest BCUT2D eigenvalue weighted by molar-refractivity contribution is 0.0935. The molecular formula is C19H16ClN5O. The minimum atomic E-state index is -0.176. The number of aromatic amines is 1. The Labute approximate surface area is 154 Å². The minimum absolute atomic E-state index is 0.144. The number of benzene rings is 2. The second-order valence-corrected chi connectivity index (χ2v) is 6.42. The first kappa shape index (κ1) is 16.4. The Morgan fingerprint density at radius 2 is 2.04 bits per heavy atom. The molecule has 0 saturated carbocycles. The molecule has 1 amide bonds. The molecule has 1 atom stereocenters. The number of rotatable bonds is 4. The molecule has 4 aromatic rings. The van der Waals surface area contributed by atoms with E-state index in [0.29, 0.717) is 10.7 Å². The fourth-order valence-corrected chi connectivity index (χ4v) is 3.08. The summed E-state index contributed by atoms with van der Waals surface area (Å²) in [7, 11) is 0.